The van der Waals surface area contributed by atoms with Gasteiger partial charge in [0.05, 0.1) is 5.52 Å². The van der Waals surface area contributed by atoms with Crippen molar-refractivity contribution in [1.29, 1.82) is 0 Å². The summed E-state index contributed by atoms with van der Waals surface area (Å²) in [5.74, 6) is -0.911. The van der Waals surface area contributed by atoms with Crippen molar-refractivity contribution in [3.63, 3.8) is 0 Å². The first-order valence-electron chi connectivity index (χ1n) is 12.7. The molecule has 12 heteroatoms. The van der Waals surface area contributed by atoms with E-state index in [1.165, 1.54) is 16.5 Å². The number of hydrogen-bond acceptors (Lipinski definition) is 6. The second kappa shape index (κ2) is 9.13. The number of hydrogen-bond donors (Lipinski definition) is 1. The highest BCUT2D eigenvalue weighted by Gasteiger charge is 2.64. The molecular weight excluding hydrogens is 513 g/mol. The van der Waals surface area contributed by atoms with Crippen molar-refractivity contribution in [2.45, 2.75) is 78.3 Å². The van der Waals surface area contributed by atoms with Crippen molar-refractivity contribution in [3.05, 3.63) is 41.6 Å². The number of piperidine rings is 1. The quantitative estimate of drug-likeness (QED) is 0.475. The Morgan fingerprint density at radius 2 is 1.79 bits per heavy atom. The number of nitrogens with zero attached hydrogens (tertiary/aromatic N) is 5. The molecule has 9 nitrogen and oxygen atoms in total. The first-order valence-corrected chi connectivity index (χ1v) is 12.7. The van der Waals surface area contributed by atoms with Gasteiger partial charge in [-0.1, -0.05) is 6.92 Å². The predicted octanol–water partition coefficient (Wildman–Crippen LogP) is 3.76. The summed E-state index contributed by atoms with van der Waals surface area (Å²) >= 11 is 0. The molecule has 1 aliphatic carbocycles. The Bertz CT molecular complexity index is 1500. The fourth-order valence-corrected chi connectivity index (χ4v) is 5.57. The molecule has 4 atom stereocenters. The summed E-state index contributed by atoms with van der Waals surface area (Å²) in [5, 5.41) is 7.04. The number of aryl methyl sites for hydroxylation is 2. The summed E-state index contributed by atoms with van der Waals surface area (Å²) in [7, 11) is 0. The maximum atomic E-state index is 13.6. The Morgan fingerprint density at radius 1 is 1.13 bits per heavy atom. The molecule has 5 rings (SSSR count). The molecule has 2 aromatic heterocycles. The number of alkyl halides is 3. The average molecular weight is 543 g/mol. The van der Waals surface area contributed by atoms with Gasteiger partial charge in [0.1, 0.15) is 30.1 Å². The van der Waals surface area contributed by atoms with E-state index in [-0.39, 0.29) is 29.5 Å². The highest BCUT2D eigenvalue weighted by Crippen LogP contribution is 2.59. The average Bonchev–Trinajstić information content (AvgIpc) is 3.20. The van der Waals surface area contributed by atoms with Gasteiger partial charge in [-0.05, 0) is 62.3 Å². The molecular formula is C27H29F3N6O3. The van der Waals surface area contributed by atoms with Gasteiger partial charge in [0, 0.05) is 36.3 Å². The molecule has 2 aliphatic rings. The minimum absolute atomic E-state index is 0.196. The number of fused-ring (bicyclic) bond motifs is 2. The van der Waals surface area contributed by atoms with E-state index >= 15 is 0 Å². The van der Waals surface area contributed by atoms with Crippen molar-refractivity contribution >= 4 is 28.5 Å². The maximum absolute atomic E-state index is 13.6. The van der Waals surface area contributed by atoms with Gasteiger partial charge in [-0.2, -0.15) is 18.3 Å². The van der Waals surface area contributed by atoms with Crippen LogP contribution in [0.25, 0.3) is 22.0 Å². The van der Waals surface area contributed by atoms with Crippen LogP contribution in [0, 0.1) is 19.3 Å². The highest BCUT2D eigenvalue weighted by atomic mass is 19.4. The monoisotopic (exact) mass is 542 g/mol. The van der Waals surface area contributed by atoms with Crippen LogP contribution >= 0.6 is 0 Å². The van der Waals surface area contributed by atoms with Crippen molar-refractivity contribution in [1.82, 2.24) is 30.0 Å². The minimum atomic E-state index is -4.59. The summed E-state index contributed by atoms with van der Waals surface area (Å²) in [6.07, 6.45) is -0.241. The van der Waals surface area contributed by atoms with Crippen LogP contribution in [0.2, 0.25) is 0 Å². The minimum Gasteiger partial charge on any atom is -0.343 e. The Kier molecular flexibility index (Phi) is 6.27. The van der Waals surface area contributed by atoms with E-state index in [9.17, 15) is 27.6 Å². The number of nitrogens with one attached hydrogen (secondary N) is 1. The number of carbonyl (C=O) groups is 3. The van der Waals surface area contributed by atoms with Crippen LogP contribution in [-0.2, 0) is 16.1 Å². The number of carbonyl (C=O) groups excluding carboxylic acids is 3. The SMILES string of the molecule is CC(=O)c1nn(CC(=O)N2[C@H](C(=O)NC(C)C(F)(F)F)C[C@@]3(C)C[C@@H]23)c2c(C)cc(-c3cnc(C)nc3)cc12. The van der Waals surface area contributed by atoms with Gasteiger partial charge in [-0.25, -0.2) is 9.97 Å². The zero-order chi connectivity index (χ0) is 28.4. The Balaban J connectivity index is 1.47. The molecule has 0 bridgehead atoms. The summed E-state index contributed by atoms with van der Waals surface area (Å²) < 4.78 is 40.7. The van der Waals surface area contributed by atoms with Crippen LogP contribution in [0.5, 0.6) is 0 Å². The van der Waals surface area contributed by atoms with Crippen molar-refractivity contribution in [2.75, 3.05) is 0 Å². The standard InChI is InChI=1S/C27H29F3N6O3/c1-13-6-17(18-10-31-16(4)32-11-18)7-19-23(14(2)37)34-35(24(13)19)12-22(38)36-20(8-26(5)9-21(26)36)25(39)33-15(3)27(28,29)30/h6-7,10-11,15,20-21H,8-9,12H2,1-5H3,(H,33,39)/t15?,20-,21+,26-/m0/s1. The number of halogens is 3. The lowest BCUT2D eigenvalue weighted by Gasteiger charge is -2.28. The van der Waals surface area contributed by atoms with Gasteiger partial charge in [0.25, 0.3) is 0 Å². The molecule has 1 saturated heterocycles. The van der Waals surface area contributed by atoms with Gasteiger partial charge >= 0.3 is 6.18 Å². The normalized spacial score (nSPS) is 23.0. The van der Waals surface area contributed by atoms with Crippen LogP contribution in [0.15, 0.2) is 24.5 Å². The fourth-order valence-electron chi connectivity index (χ4n) is 5.57. The second-order valence-electron chi connectivity index (χ2n) is 10.9. The van der Waals surface area contributed by atoms with Gasteiger partial charge in [-0.15, -0.1) is 0 Å². The maximum Gasteiger partial charge on any atom is 0.408 e. The molecule has 1 unspecified atom stereocenters. The number of Topliss-reactive ketones (excluding diaryl/α,β-unsaturated/α-hetero) is 1. The molecule has 2 amide bonds. The van der Waals surface area contributed by atoms with Gasteiger partial charge in [-0.3, -0.25) is 19.1 Å². The zero-order valence-corrected chi connectivity index (χ0v) is 22.3. The Morgan fingerprint density at radius 3 is 2.41 bits per heavy atom. The molecule has 0 spiro atoms. The van der Waals surface area contributed by atoms with Crippen molar-refractivity contribution in [2.24, 2.45) is 5.41 Å². The molecule has 2 fully saturated rings. The lowest BCUT2D eigenvalue weighted by Crippen LogP contribution is -2.53. The van der Waals surface area contributed by atoms with Gasteiger partial charge < -0.3 is 10.2 Å². The van der Waals surface area contributed by atoms with Crippen LogP contribution in [0.3, 0.4) is 0 Å². The predicted molar refractivity (Wildman–Crippen MR) is 136 cm³/mol. The highest BCUT2D eigenvalue weighted by molar-refractivity contribution is 6.07. The fraction of sp³-hybridized carbons (Fsp3) is 0.481. The Hall–Kier alpha value is -3.83. The molecule has 1 saturated carbocycles. The lowest BCUT2D eigenvalue weighted by atomic mass is 10.0. The molecule has 0 radical (unpaired) electrons. The third kappa shape index (κ3) is 4.76. The first kappa shape index (κ1) is 26.8. The third-order valence-electron chi connectivity index (χ3n) is 7.84. The molecule has 3 heterocycles. The largest absolute Gasteiger partial charge is 0.408 e. The summed E-state index contributed by atoms with van der Waals surface area (Å²) in [5.41, 5.74) is 2.79. The molecule has 1 aromatic carbocycles. The summed E-state index contributed by atoms with van der Waals surface area (Å²) in [6.45, 7) is 7.56. The van der Waals surface area contributed by atoms with Crippen LogP contribution in [-0.4, -0.2) is 66.5 Å². The summed E-state index contributed by atoms with van der Waals surface area (Å²) in [6, 6.07) is 0.435. The lowest BCUT2D eigenvalue weighted by molar-refractivity contribution is -0.160. The van der Waals surface area contributed by atoms with E-state index in [0.29, 0.717) is 29.6 Å². The molecule has 3 aromatic rings. The van der Waals surface area contributed by atoms with Gasteiger partial charge in [0.2, 0.25) is 11.8 Å². The number of amides is 2. The zero-order valence-electron chi connectivity index (χ0n) is 22.3. The molecule has 1 aliphatic heterocycles. The van der Waals surface area contributed by atoms with E-state index in [0.717, 1.165) is 23.6 Å². The van der Waals surface area contributed by atoms with Gasteiger partial charge in [0.15, 0.2) is 5.78 Å². The summed E-state index contributed by atoms with van der Waals surface area (Å²) in [4.78, 5) is 48.8. The van der Waals surface area contributed by atoms with E-state index in [2.05, 4.69) is 15.1 Å². The number of ketones is 1. The molecule has 1 N–H and O–H groups in total. The second-order valence-corrected chi connectivity index (χ2v) is 10.9. The third-order valence-corrected chi connectivity index (χ3v) is 7.84. The van der Waals surface area contributed by atoms with E-state index in [4.69, 9.17) is 0 Å². The first-order chi connectivity index (χ1) is 18.2. The van der Waals surface area contributed by atoms with E-state index in [1.807, 2.05) is 31.3 Å². The van der Waals surface area contributed by atoms with Crippen molar-refractivity contribution in [3.8, 4) is 11.1 Å². The molecule has 39 heavy (non-hydrogen) atoms. The Labute approximate surface area is 222 Å². The van der Waals surface area contributed by atoms with Crippen molar-refractivity contribution < 1.29 is 27.6 Å². The van der Waals surface area contributed by atoms with E-state index < -0.39 is 30.1 Å². The topological polar surface area (TPSA) is 110 Å². The van der Waals surface area contributed by atoms with Crippen LogP contribution in [0.4, 0.5) is 13.2 Å². The number of benzene rings is 1. The van der Waals surface area contributed by atoms with Crippen LogP contribution in [0.1, 0.15) is 55.5 Å². The number of likely N-dealkylation sites (tertiary alicyclic amines) is 1. The van der Waals surface area contributed by atoms with E-state index in [1.54, 1.807) is 19.3 Å². The molecule has 206 valence electrons. The smallest absolute Gasteiger partial charge is 0.343 e. The number of rotatable bonds is 6. The van der Waals surface area contributed by atoms with Crippen LogP contribution < -0.4 is 5.32 Å². The number of aromatic nitrogens is 4.